The SMILES string of the molecule is CCC1CC1Nc1cc(Cl)c(N)cc1C. The van der Waals surface area contributed by atoms with Gasteiger partial charge in [-0.25, -0.2) is 0 Å². The number of halogens is 1. The van der Waals surface area contributed by atoms with Crippen molar-refractivity contribution in [2.45, 2.75) is 32.7 Å². The van der Waals surface area contributed by atoms with Crippen LogP contribution in [0.1, 0.15) is 25.3 Å². The maximum Gasteiger partial charge on any atom is 0.0656 e. The third-order valence-electron chi connectivity index (χ3n) is 3.13. The standard InChI is InChI=1S/C12H17ClN2/c1-3-8-5-12(8)15-11-6-9(13)10(14)4-7(11)2/h4,6,8,12,15H,3,5,14H2,1-2H3. The highest BCUT2D eigenvalue weighted by atomic mass is 35.5. The van der Waals surface area contributed by atoms with Crippen molar-refractivity contribution in [3.63, 3.8) is 0 Å². The normalized spacial score (nSPS) is 23.9. The van der Waals surface area contributed by atoms with Crippen molar-refractivity contribution in [2.75, 3.05) is 11.1 Å². The van der Waals surface area contributed by atoms with Gasteiger partial charge in [-0.15, -0.1) is 0 Å². The molecule has 0 aromatic heterocycles. The van der Waals surface area contributed by atoms with Crippen LogP contribution in [0.15, 0.2) is 12.1 Å². The summed E-state index contributed by atoms with van der Waals surface area (Å²) in [6.45, 7) is 4.29. The van der Waals surface area contributed by atoms with E-state index >= 15 is 0 Å². The Hall–Kier alpha value is -0.890. The summed E-state index contributed by atoms with van der Waals surface area (Å²) in [4.78, 5) is 0. The topological polar surface area (TPSA) is 38.0 Å². The molecule has 0 amide bonds. The van der Waals surface area contributed by atoms with E-state index in [0.717, 1.165) is 11.6 Å². The van der Waals surface area contributed by atoms with E-state index in [2.05, 4.69) is 19.2 Å². The fraction of sp³-hybridized carbons (Fsp3) is 0.500. The first-order chi connectivity index (χ1) is 7.11. The van der Waals surface area contributed by atoms with Crippen LogP contribution in [-0.4, -0.2) is 6.04 Å². The average Bonchev–Trinajstić information content (AvgIpc) is 2.93. The van der Waals surface area contributed by atoms with Crippen LogP contribution in [0.5, 0.6) is 0 Å². The maximum atomic E-state index is 5.99. The Labute approximate surface area is 95.8 Å². The van der Waals surface area contributed by atoms with Gasteiger partial charge in [-0.2, -0.15) is 0 Å². The third-order valence-corrected chi connectivity index (χ3v) is 3.46. The summed E-state index contributed by atoms with van der Waals surface area (Å²) in [5.74, 6) is 0.834. The number of hydrogen-bond acceptors (Lipinski definition) is 2. The second-order valence-corrected chi connectivity index (χ2v) is 4.75. The molecule has 0 radical (unpaired) electrons. The first-order valence-electron chi connectivity index (χ1n) is 5.44. The van der Waals surface area contributed by atoms with Gasteiger partial charge in [-0.1, -0.05) is 24.9 Å². The molecule has 2 nitrogen and oxygen atoms in total. The summed E-state index contributed by atoms with van der Waals surface area (Å²) in [7, 11) is 0. The minimum atomic E-state index is 0.633. The van der Waals surface area contributed by atoms with Crippen molar-refractivity contribution in [1.29, 1.82) is 0 Å². The Morgan fingerprint density at radius 3 is 2.87 bits per heavy atom. The van der Waals surface area contributed by atoms with Crippen LogP contribution in [0.25, 0.3) is 0 Å². The minimum absolute atomic E-state index is 0.633. The van der Waals surface area contributed by atoms with Gasteiger partial charge in [0.05, 0.1) is 10.7 Å². The van der Waals surface area contributed by atoms with Crippen molar-refractivity contribution in [2.24, 2.45) is 5.92 Å². The Balaban J connectivity index is 2.12. The summed E-state index contributed by atoms with van der Waals surface area (Å²) in [6.07, 6.45) is 2.53. The van der Waals surface area contributed by atoms with Crippen molar-refractivity contribution in [1.82, 2.24) is 0 Å². The van der Waals surface area contributed by atoms with E-state index in [9.17, 15) is 0 Å². The lowest BCUT2D eigenvalue weighted by Gasteiger charge is -2.11. The molecule has 2 unspecified atom stereocenters. The molecular formula is C12H17ClN2. The van der Waals surface area contributed by atoms with Gasteiger partial charge in [-0.3, -0.25) is 0 Å². The molecule has 3 N–H and O–H groups in total. The van der Waals surface area contributed by atoms with E-state index in [1.807, 2.05) is 12.1 Å². The van der Waals surface area contributed by atoms with Crippen LogP contribution in [0.3, 0.4) is 0 Å². The number of anilines is 2. The predicted octanol–water partition coefficient (Wildman–Crippen LogP) is 3.44. The van der Waals surface area contributed by atoms with Crippen LogP contribution in [0, 0.1) is 12.8 Å². The fourth-order valence-corrected chi connectivity index (χ4v) is 2.10. The van der Waals surface area contributed by atoms with Gasteiger partial charge in [0, 0.05) is 11.7 Å². The van der Waals surface area contributed by atoms with Gasteiger partial charge < -0.3 is 11.1 Å². The molecule has 2 atom stereocenters. The van der Waals surface area contributed by atoms with E-state index in [4.69, 9.17) is 17.3 Å². The molecule has 0 bridgehead atoms. The fourth-order valence-electron chi connectivity index (χ4n) is 1.93. The van der Waals surface area contributed by atoms with Gasteiger partial charge in [0.2, 0.25) is 0 Å². The number of nitrogens with one attached hydrogen (secondary N) is 1. The first kappa shape index (κ1) is 10.6. The van der Waals surface area contributed by atoms with Crippen molar-refractivity contribution in [3.8, 4) is 0 Å². The summed E-state index contributed by atoms with van der Waals surface area (Å²) >= 11 is 5.99. The quantitative estimate of drug-likeness (QED) is 0.772. The Kier molecular flexibility index (Phi) is 2.79. The monoisotopic (exact) mass is 224 g/mol. The molecule has 2 rings (SSSR count). The van der Waals surface area contributed by atoms with E-state index in [1.54, 1.807) is 0 Å². The van der Waals surface area contributed by atoms with Crippen molar-refractivity contribution >= 4 is 23.0 Å². The molecule has 15 heavy (non-hydrogen) atoms. The second-order valence-electron chi connectivity index (χ2n) is 4.34. The van der Waals surface area contributed by atoms with Crippen LogP contribution in [-0.2, 0) is 0 Å². The Morgan fingerprint density at radius 2 is 2.27 bits per heavy atom. The number of aryl methyl sites for hydroxylation is 1. The van der Waals surface area contributed by atoms with Crippen LogP contribution < -0.4 is 11.1 Å². The first-order valence-corrected chi connectivity index (χ1v) is 5.81. The molecule has 0 heterocycles. The highest BCUT2D eigenvalue weighted by Gasteiger charge is 2.35. The van der Waals surface area contributed by atoms with Gasteiger partial charge in [0.25, 0.3) is 0 Å². The molecule has 1 aliphatic carbocycles. The molecule has 1 saturated carbocycles. The lowest BCUT2D eigenvalue weighted by molar-refractivity contribution is 0.774. The van der Waals surface area contributed by atoms with Crippen LogP contribution in [0.2, 0.25) is 5.02 Å². The zero-order valence-corrected chi connectivity index (χ0v) is 9.93. The number of rotatable bonds is 3. The largest absolute Gasteiger partial charge is 0.398 e. The highest BCUT2D eigenvalue weighted by molar-refractivity contribution is 6.33. The molecule has 1 fully saturated rings. The molecule has 1 aliphatic rings. The summed E-state index contributed by atoms with van der Waals surface area (Å²) in [5.41, 5.74) is 8.67. The Bertz CT molecular complexity index is 376. The number of nitrogens with two attached hydrogens (primary N) is 1. The smallest absolute Gasteiger partial charge is 0.0656 e. The second kappa shape index (κ2) is 3.93. The zero-order chi connectivity index (χ0) is 11.0. The van der Waals surface area contributed by atoms with E-state index < -0.39 is 0 Å². The predicted molar refractivity (Wildman–Crippen MR) is 66.4 cm³/mol. The van der Waals surface area contributed by atoms with Crippen molar-refractivity contribution in [3.05, 3.63) is 22.7 Å². The molecule has 82 valence electrons. The van der Waals surface area contributed by atoms with E-state index in [0.29, 0.717) is 16.8 Å². The van der Waals surface area contributed by atoms with Gasteiger partial charge in [-0.05, 0) is 37.0 Å². The summed E-state index contributed by atoms with van der Waals surface area (Å²) in [6, 6.07) is 4.49. The van der Waals surface area contributed by atoms with Gasteiger partial charge in [0.1, 0.15) is 0 Å². The van der Waals surface area contributed by atoms with Crippen molar-refractivity contribution < 1.29 is 0 Å². The summed E-state index contributed by atoms with van der Waals surface area (Å²) < 4.78 is 0. The highest BCUT2D eigenvalue weighted by Crippen LogP contribution is 2.37. The van der Waals surface area contributed by atoms with Crippen LogP contribution >= 0.6 is 11.6 Å². The minimum Gasteiger partial charge on any atom is -0.398 e. The number of hydrogen-bond donors (Lipinski definition) is 2. The third kappa shape index (κ3) is 2.20. The van der Waals surface area contributed by atoms with Gasteiger partial charge in [0.15, 0.2) is 0 Å². The summed E-state index contributed by atoms with van der Waals surface area (Å²) in [5, 5.41) is 4.15. The van der Waals surface area contributed by atoms with E-state index in [1.165, 1.54) is 18.4 Å². The lowest BCUT2D eigenvalue weighted by Crippen LogP contribution is -2.06. The van der Waals surface area contributed by atoms with Gasteiger partial charge >= 0.3 is 0 Å². The zero-order valence-electron chi connectivity index (χ0n) is 9.18. The molecule has 1 aromatic carbocycles. The molecule has 0 saturated heterocycles. The molecule has 0 spiro atoms. The average molecular weight is 225 g/mol. The lowest BCUT2D eigenvalue weighted by atomic mass is 10.1. The Morgan fingerprint density at radius 1 is 1.53 bits per heavy atom. The van der Waals surface area contributed by atoms with Crippen LogP contribution in [0.4, 0.5) is 11.4 Å². The maximum absolute atomic E-state index is 5.99. The number of benzene rings is 1. The molecule has 0 aliphatic heterocycles. The molecule has 1 aromatic rings. The van der Waals surface area contributed by atoms with E-state index in [-0.39, 0.29) is 0 Å². The molecular weight excluding hydrogens is 208 g/mol. The number of nitrogen functional groups attached to an aromatic ring is 1. The molecule has 3 heteroatoms.